The van der Waals surface area contributed by atoms with Gasteiger partial charge in [-0.05, 0) is 37.8 Å². The Hall–Kier alpha value is -2.30. The first kappa shape index (κ1) is 18.5. The van der Waals surface area contributed by atoms with Crippen molar-refractivity contribution in [1.29, 1.82) is 0 Å². The number of fused-ring (bicyclic) bond motifs is 1. The van der Waals surface area contributed by atoms with E-state index in [1.807, 2.05) is 44.3 Å². The second-order valence-corrected chi connectivity index (χ2v) is 7.57. The maximum atomic E-state index is 12.9. The van der Waals surface area contributed by atoms with Gasteiger partial charge in [-0.3, -0.25) is 9.59 Å². The Kier molecular flexibility index (Phi) is 5.35. The lowest BCUT2D eigenvalue weighted by Crippen LogP contribution is -2.58. The third-order valence-corrected chi connectivity index (χ3v) is 6.00. The fourth-order valence-electron chi connectivity index (χ4n) is 3.80. The van der Waals surface area contributed by atoms with Gasteiger partial charge in [-0.1, -0.05) is 38.0 Å². The Morgan fingerprint density at radius 2 is 1.96 bits per heavy atom. The third-order valence-electron chi connectivity index (χ3n) is 6.00. The highest BCUT2D eigenvalue weighted by molar-refractivity contribution is 5.93. The molecule has 2 aromatic rings. The molecule has 5 heteroatoms. The molecule has 5 nitrogen and oxygen atoms in total. The first-order valence-electron chi connectivity index (χ1n) is 9.58. The van der Waals surface area contributed by atoms with E-state index in [9.17, 15) is 9.59 Å². The van der Waals surface area contributed by atoms with Crippen LogP contribution in [0.25, 0.3) is 10.9 Å². The lowest BCUT2D eigenvalue weighted by molar-refractivity contribution is -0.145. The highest BCUT2D eigenvalue weighted by Crippen LogP contribution is 2.24. The molecular weight excluding hydrogens is 326 g/mol. The lowest BCUT2D eigenvalue weighted by atomic mass is 9.94. The summed E-state index contributed by atoms with van der Waals surface area (Å²) in [7, 11) is 1.74. The van der Waals surface area contributed by atoms with E-state index in [0.29, 0.717) is 6.42 Å². The monoisotopic (exact) mass is 355 g/mol. The van der Waals surface area contributed by atoms with E-state index in [-0.39, 0.29) is 24.3 Å². The molecule has 1 heterocycles. The summed E-state index contributed by atoms with van der Waals surface area (Å²) in [6.07, 6.45) is 7.18. The largest absolute Gasteiger partial charge is 0.361 e. The summed E-state index contributed by atoms with van der Waals surface area (Å²) in [6, 6.07) is 8.21. The van der Waals surface area contributed by atoms with Crippen LogP contribution in [0.1, 0.15) is 51.5 Å². The van der Waals surface area contributed by atoms with Crippen LogP contribution in [0.4, 0.5) is 0 Å². The van der Waals surface area contributed by atoms with Gasteiger partial charge in [0.15, 0.2) is 0 Å². The van der Waals surface area contributed by atoms with Gasteiger partial charge in [-0.25, -0.2) is 0 Å². The van der Waals surface area contributed by atoms with Crippen LogP contribution >= 0.6 is 0 Å². The molecule has 1 fully saturated rings. The van der Waals surface area contributed by atoms with Crippen molar-refractivity contribution in [3.63, 3.8) is 0 Å². The van der Waals surface area contributed by atoms with E-state index >= 15 is 0 Å². The molecule has 0 radical (unpaired) electrons. The van der Waals surface area contributed by atoms with Gasteiger partial charge in [0, 0.05) is 30.2 Å². The minimum atomic E-state index is -0.828. The Morgan fingerprint density at radius 1 is 1.27 bits per heavy atom. The number of H-pyrrole nitrogens is 1. The van der Waals surface area contributed by atoms with E-state index in [2.05, 4.69) is 10.3 Å². The molecule has 2 N–H and O–H groups in total. The van der Waals surface area contributed by atoms with Crippen molar-refractivity contribution >= 4 is 22.7 Å². The zero-order chi connectivity index (χ0) is 18.7. The maximum absolute atomic E-state index is 12.9. The number of hydrogen-bond acceptors (Lipinski definition) is 2. The predicted octanol–water partition coefficient (Wildman–Crippen LogP) is 3.40. The first-order valence-corrected chi connectivity index (χ1v) is 9.58. The summed E-state index contributed by atoms with van der Waals surface area (Å²) in [5.74, 6) is -0.0812. The molecule has 140 valence electrons. The van der Waals surface area contributed by atoms with E-state index in [1.54, 1.807) is 11.9 Å². The molecule has 0 unspecified atom stereocenters. The van der Waals surface area contributed by atoms with Gasteiger partial charge in [0.05, 0.1) is 6.42 Å². The summed E-state index contributed by atoms with van der Waals surface area (Å²) >= 11 is 0. The van der Waals surface area contributed by atoms with Crippen molar-refractivity contribution in [3.05, 3.63) is 36.0 Å². The van der Waals surface area contributed by atoms with E-state index < -0.39 is 5.54 Å². The minimum Gasteiger partial charge on any atom is -0.361 e. The molecule has 1 saturated carbocycles. The highest BCUT2D eigenvalue weighted by atomic mass is 16.2. The van der Waals surface area contributed by atoms with Crippen LogP contribution in [0, 0.1) is 0 Å². The smallest absolute Gasteiger partial charge is 0.245 e. The first-order chi connectivity index (χ1) is 12.5. The van der Waals surface area contributed by atoms with Crippen LogP contribution < -0.4 is 5.32 Å². The number of carbonyl (C=O) groups excluding carboxylic acids is 2. The van der Waals surface area contributed by atoms with E-state index in [4.69, 9.17) is 0 Å². The molecule has 0 saturated heterocycles. The Bertz CT molecular complexity index is 791. The van der Waals surface area contributed by atoms with Gasteiger partial charge in [0.25, 0.3) is 0 Å². The number of benzene rings is 1. The number of nitrogens with one attached hydrogen (secondary N) is 2. The van der Waals surface area contributed by atoms with Crippen molar-refractivity contribution in [2.45, 2.75) is 64.0 Å². The van der Waals surface area contributed by atoms with Crippen LogP contribution in [0.3, 0.4) is 0 Å². The average Bonchev–Trinajstić information content (AvgIpc) is 3.30. The summed E-state index contributed by atoms with van der Waals surface area (Å²) in [6.45, 7) is 3.83. The van der Waals surface area contributed by atoms with Crippen molar-refractivity contribution in [2.75, 3.05) is 7.05 Å². The number of likely N-dealkylation sites (N-methyl/N-ethyl adjacent to an activating group) is 1. The van der Waals surface area contributed by atoms with Crippen LogP contribution in [0.2, 0.25) is 0 Å². The second-order valence-electron chi connectivity index (χ2n) is 7.57. The van der Waals surface area contributed by atoms with Gasteiger partial charge >= 0.3 is 0 Å². The fourth-order valence-corrected chi connectivity index (χ4v) is 3.80. The van der Waals surface area contributed by atoms with Crippen LogP contribution in [0.5, 0.6) is 0 Å². The van der Waals surface area contributed by atoms with Gasteiger partial charge < -0.3 is 15.2 Å². The lowest BCUT2D eigenvalue weighted by Gasteiger charge is -2.37. The zero-order valence-corrected chi connectivity index (χ0v) is 16.0. The summed E-state index contributed by atoms with van der Waals surface area (Å²) in [5, 5.41) is 4.21. The number of aromatic amines is 1. The number of hydrogen-bond donors (Lipinski definition) is 2. The van der Waals surface area contributed by atoms with Gasteiger partial charge in [-0.15, -0.1) is 0 Å². The zero-order valence-electron chi connectivity index (χ0n) is 16.0. The average molecular weight is 355 g/mol. The van der Waals surface area contributed by atoms with Crippen molar-refractivity contribution in [3.8, 4) is 0 Å². The van der Waals surface area contributed by atoms with Crippen molar-refractivity contribution < 1.29 is 9.59 Å². The Labute approximate surface area is 155 Å². The second kappa shape index (κ2) is 7.52. The summed E-state index contributed by atoms with van der Waals surface area (Å²) in [4.78, 5) is 30.7. The molecule has 0 bridgehead atoms. The molecule has 1 atom stereocenters. The number of carbonyl (C=O) groups is 2. The number of aromatic nitrogens is 1. The van der Waals surface area contributed by atoms with Gasteiger partial charge in [0.2, 0.25) is 11.8 Å². The van der Waals surface area contributed by atoms with Crippen molar-refractivity contribution in [1.82, 2.24) is 15.2 Å². The highest BCUT2D eigenvalue weighted by Gasteiger charge is 2.39. The standard InChI is InChI=1S/C21H29N3O2/c1-4-21(2,20(26)23-16-9-5-6-10-16)24(3)19(25)13-15-14-22-18-12-8-7-11-17(15)18/h7-8,11-12,14,16,22H,4-6,9-10,13H2,1-3H3,(H,23,26)/t21-/m1/s1. The number of nitrogens with zero attached hydrogens (tertiary/aromatic N) is 1. The normalized spacial score (nSPS) is 17.2. The quantitative estimate of drug-likeness (QED) is 0.834. The van der Waals surface area contributed by atoms with Crippen LogP contribution in [-0.2, 0) is 16.0 Å². The minimum absolute atomic E-state index is 0.0401. The summed E-state index contributed by atoms with van der Waals surface area (Å²) in [5.41, 5.74) is 1.16. The molecule has 1 aliphatic rings. The van der Waals surface area contributed by atoms with Gasteiger partial charge in [0.1, 0.15) is 5.54 Å². The molecule has 3 rings (SSSR count). The molecular formula is C21H29N3O2. The van der Waals surface area contributed by atoms with Crippen molar-refractivity contribution in [2.24, 2.45) is 0 Å². The Morgan fingerprint density at radius 3 is 2.65 bits per heavy atom. The predicted molar refractivity (Wildman–Crippen MR) is 104 cm³/mol. The number of rotatable bonds is 6. The third kappa shape index (κ3) is 3.48. The molecule has 26 heavy (non-hydrogen) atoms. The molecule has 2 amide bonds. The number of amides is 2. The maximum Gasteiger partial charge on any atom is 0.245 e. The molecule has 0 spiro atoms. The van der Waals surface area contributed by atoms with E-state index in [1.165, 1.54) is 12.8 Å². The molecule has 1 aliphatic carbocycles. The fraction of sp³-hybridized carbons (Fsp3) is 0.524. The Balaban J connectivity index is 1.73. The molecule has 0 aliphatic heterocycles. The molecule has 1 aromatic heterocycles. The van der Waals surface area contributed by atoms with Crippen LogP contribution in [-0.4, -0.2) is 40.3 Å². The van der Waals surface area contributed by atoms with Gasteiger partial charge in [-0.2, -0.15) is 0 Å². The van der Waals surface area contributed by atoms with Crippen LogP contribution in [0.15, 0.2) is 30.5 Å². The summed E-state index contributed by atoms with van der Waals surface area (Å²) < 4.78 is 0. The van der Waals surface area contributed by atoms with E-state index in [0.717, 1.165) is 29.3 Å². The molecule has 1 aromatic carbocycles. The topological polar surface area (TPSA) is 65.2 Å². The SMILES string of the molecule is CC[C@](C)(C(=O)NC1CCCC1)N(C)C(=O)Cc1c[nH]c2ccccc12. The number of para-hydroxylation sites is 1.